The lowest BCUT2D eigenvalue weighted by molar-refractivity contribution is 1.49. The molecule has 0 saturated heterocycles. The number of benzene rings is 4. The lowest BCUT2D eigenvalue weighted by Gasteiger charge is -2.21. The van der Waals surface area contributed by atoms with Gasteiger partial charge in [-0.3, -0.25) is 0 Å². The molecule has 0 aliphatic heterocycles. The van der Waals surface area contributed by atoms with Crippen molar-refractivity contribution in [2.24, 2.45) is 0 Å². The summed E-state index contributed by atoms with van der Waals surface area (Å²) >= 11 is 0. The van der Waals surface area contributed by atoms with Crippen LogP contribution in [0, 0.1) is 6.92 Å². The van der Waals surface area contributed by atoms with E-state index in [1.807, 2.05) is 48.5 Å². The second kappa shape index (κ2) is 6.12. The molecule has 26 heavy (non-hydrogen) atoms. The zero-order valence-electron chi connectivity index (χ0n) is 14.7. The molecule has 6 N–H and O–H groups in total. The second-order valence-corrected chi connectivity index (χ2v) is 6.51. The van der Waals surface area contributed by atoms with E-state index in [1.165, 1.54) is 0 Å². The summed E-state index contributed by atoms with van der Waals surface area (Å²) in [5, 5.41) is 1.87. The summed E-state index contributed by atoms with van der Waals surface area (Å²) < 4.78 is 0. The minimum atomic E-state index is 0.542. The number of fused-ring (bicyclic) bond motifs is 1. The maximum Gasteiger partial charge on any atom is 0.0648 e. The van der Waals surface area contributed by atoms with E-state index < -0.39 is 0 Å². The van der Waals surface area contributed by atoms with Crippen molar-refractivity contribution in [1.29, 1.82) is 0 Å². The van der Waals surface area contributed by atoms with Crippen LogP contribution in [-0.4, -0.2) is 0 Å². The molecule has 0 aromatic heterocycles. The molecule has 0 bridgehead atoms. The first-order chi connectivity index (χ1) is 12.6. The predicted octanol–water partition coefficient (Wildman–Crippen LogP) is 5.23. The Kier molecular flexibility index (Phi) is 3.77. The summed E-state index contributed by atoms with van der Waals surface area (Å²) in [5.41, 5.74) is 26.3. The Balaban J connectivity index is 2.22. The van der Waals surface area contributed by atoms with Gasteiger partial charge in [-0.1, -0.05) is 66.7 Å². The van der Waals surface area contributed by atoms with Crippen LogP contribution in [0.3, 0.4) is 0 Å². The monoisotopic (exact) mass is 339 g/mol. The standard InChI is InChI=1S/C23H21N3/c1-14-17-12-13-18(24)22(25)21(17)23(26)20(16-10-6-3-7-11-16)19(14)15-8-4-2-5-9-15/h2-13H,24-26H2,1H3. The molecule has 0 spiro atoms. The van der Waals surface area contributed by atoms with Gasteiger partial charge in [-0.15, -0.1) is 0 Å². The van der Waals surface area contributed by atoms with Crippen molar-refractivity contribution in [3.63, 3.8) is 0 Å². The van der Waals surface area contributed by atoms with Crippen LogP contribution >= 0.6 is 0 Å². The third-order valence-corrected chi connectivity index (χ3v) is 4.97. The zero-order chi connectivity index (χ0) is 18.3. The van der Waals surface area contributed by atoms with E-state index in [0.717, 1.165) is 38.6 Å². The number of rotatable bonds is 2. The van der Waals surface area contributed by atoms with Gasteiger partial charge in [-0.2, -0.15) is 0 Å². The zero-order valence-corrected chi connectivity index (χ0v) is 14.7. The SMILES string of the molecule is Cc1c(-c2ccccc2)c(-c2ccccc2)c(N)c2c(N)c(N)ccc12. The predicted molar refractivity (Wildman–Crippen MR) is 113 cm³/mol. The molecule has 0 fully saturated rings. The largest absolute Gasteiger partial charge is 0.398 e. The molecule has 3 nitrogen and oxygen atoms in total. The van der Waals surface area contributed by atoms with Crippen LogP contribution < -0.4 is 17.2 Å². The van der Waals surface area contributed by atoms with Crippen LogP contribution in [0.2, 0.25) is 0 Å². The molecule has 0 amide bonds. The topological polar surface area (TPSA) is 78.1 Å². The van der Waals surface area contributed by atoms with Gasteiger partial charge < -0.3 is 17.2 Å². The average Bonchev–Trinajstić information content (AvgIpc) is 2.68. The molecule has 3 heteroatoms. The third-order valence-electron chi connectivity index (χ3n) is 4.97. The van der Waals surface area contributed by atoms with Gasteiger partial charge in [0.15, 0.2) is 0 Å². The van der Waals surface area contributed by atoms with E-state index in [9.17, 15) is 0 Å². The van der Waals surface area contributed by atoms with Crippen molar-refractivity contribution in [2.75, 3.05) is 17.2 Å². The molecule has 0 unspecified atom stereocenters. The fourth-order valence-electron chi connectivity index (χ4n) is 3.69. The number of nitrogen functional groups attached to an aromatic ring is 3. The molecule has 0 radical (unpaired) electrons. The fraction of sp³-hybridized carbons (Fsp3) is 0.0435. The minimum absolute atomic E-state index is 0.542. The van der Waals surface area contributed by atoms with Gasteiger partial charge in [-0.25, -0.2) is 0 Å². The maximum atomic E-state index is 6.69. The molecule has 0 aliphatic carbocycles. The van der Waals surface area contributed by atoms with Crippen molar-refractivity contribution >= 4 is 27.8 Å². The van der Waals surface area contributed by atoms with Gasteiger partial charge in [0, 0.05) is 10.9 Å². The van der Waals surface area contributed by atoms with E-state index >= 15 is 0 Å². The van der Waals surface area contributed by atoms with Crippen molar-refractivity contribution in [3.05, 3.63) is 78.4 Å². The Morgan fingerprint density at radius 3 is 1.69 bits per heavy atom. The smallest absolute Gasteiger partial charge is 0.0648 e. The number of nitrogens with two attached hydrogens (primary N) is 3. The maximum absolute atomic E-state index is 6.69. The highest BCUT2D eigenvalue weighted by atomic mass is 14.7. The molecule has 128 valence electrons. The molecule has 0 heterocycles. The van der Waals surface area contributed by atoms with Gasteiger partial charge in [0.05, 0.1) is 17.1 Å². The first-order valence-electron chi connectivity index (χ1n) is 8.60. The lowest BCUT2D eigenvalue weighted by atomic mass is 9.85. The van der Waals surface area contributed by atoms with E-state index in [4.69, 9.17) is 17.2 Å². The van der Waals surface area contributed by atoms with Crippen molar-refractivity contribution in [3.8, 4) is 22.3 Å². The van der Waals surface area contributed by atoms with Crippen LogP contribution in [-0.2, 0) is 0 Å². The quantitative estimate of drug-likeness (QED) is 0.438. The van der Waals surface area contributed by atoms with E-state index in [2.05, 4.69) is 31.2 Å². The summed E-state index contributed by atoms with van der Waals surface area (Å²) in [4.78, 5) is 0. The van der Waals surface area contributed by atoms with Crippen LogP contribution in [0.25, 0.3) is 33.0 Å². The molecule has 0 saturated carbocycles. The molecule has 0 aliphatic rings. The summed E-state index contributed by atoms with van der Waals surface area (Å²) in [6.45, 7) is 2.12. The van der Waals surface area contributed by atoms with Crippen LogP contribution in [0.4, 0.5) is 17.1 Å². The molecular formula is C23H21N3. The normalized spacial score (nSPS) is 11.0. The van der Waals surface area contributed by atoms with Gasteiger partial charge in [0.1, 0.15) is 0 Å². The van der Waals surface area contributed by atoms with Gasteiger partial charge in [0.25, 0.3) is 0 Å². The lowest BCUT2D eigenvalue weighted by Crippen LogP contribution is -2.03. The van der Waals surface area contributed by atoms with Crippen molar-refractivity contribution in [2.45, 2.75) is 6.92 Å². The highest BCUT2D eigenvalue weighted by Gasteiger charge is 2.20. The molecule has 4 aromatic rings. The van der Waals surface area contributed by atoms with Gasteiger partial charge in [0.2, 0.25) is 0 Å². The summed E-state index contributed by atoms with van der Waals surface area (Å²) in [5.74, 6) is 0. The van der Waals surface area contributed by atoms with Crippen LogP contribution in [0.5, 0.6) is 0 Å². The van der Waals surface area contributed by atoms with Gasteiger partial charge >= 0.3 is 0 Å². The molecule has 0 atom stereocenters. The minimum Gasteiger partial charge on any atom is -0.398 e. The van der Waals surface area contributed by atoms with Crippen molar-refractivity contribution < 1.29 is 0 Å². The Morgan fingerprint density at radius 1 is 0.577 bits per heavy atom. The van der Waals surface area contributed by atoms with E-state index in [1.54, 1.807) is 0 Å². The number of hydrogen-bond acceptors (Lipinski definition) is 3. The summed E-state index contributed by atoms with van der Waals surface area (Å²) in [7, 11) is 0. The van der Waals surface area contributed by atoms with Crippen LogP contribution in [0.1, 0.15) is 5.56 Å². The van der Waals surface area contributed by atoms with Gasteiger partial charge in [-0.05, 0) is 40.6 Å². The molecule has 4 rings (SSSR count). The number of hydrogen-bond donors (Lipinski definition) is 3. The Morgan fingerprint density at radius 2 is 1.12 bits per heavy atom. The summed E-state index contributed by atoms with van der Waals surface area (Å²) in [6.07, 6.45) is 0. The first kappa shape index (κ1) is 16.0. The highest BCUT2D eigenvalue weighted by Crippen LogP contribution is 2.46. The Bertz CT molecular complexity index is 1100. The Hall–Kier alpha value is -3.46. The molecule has 4 aromatic carbocycles. The van der Waals surface area contributed by atoms with Crippen molar-refractivity contribution in [1.82, 2.24) is 0 Å². The molecular weight excluding hydrogens is 318 g/mol. The first-order valence-corrected chi connectivity index (χ1v) is 8.60. The van der Waals surface area contributed by atoms with E-state index in [-0.39, 0.29) is 0 Å². The van der Waals surface area contributed by atoms with Crippen LogP contribution in [0.15, 0.2) is 72.8 Å². The average molecular weight is 339 g/mol. The van der Waals surface area contributed by atoms with E-state index in [0.29, 0.717) is 17.1 Å². The number of anilines is 3. The Labute approximate surface area is 153 Å². The fourth-order valence-corrected chi connectivity index (χ4v) is 3.69. The highest BCUT2D eigenvalue weighted by molar-refractivity contribution is 6.15. The number of aryl methyl sites for hydroxylation is 1. The second-order valence-electron chi connectivity index (χ2n) is 6.51. The summed E-state index contributed by atoms with van der Waals surface area (Å²) in [6, 6.07) is 24.4. The third kappa shape index (κ3) is 2.37.